The lowest BCUT2D eigenvalue weighted by Gasteiger charge is -2.18. The minimum atomic E-state index is -0.429. The molecule has 2 N–H and O–H groups in total. The monoisotopic (exact) mass is 233 g/mol. The number of fused-ring (bicyclic) bond motifs is 1. The van der Waals surface area contributed by atoms with Crippen LogP contribution in [0.5, 0.6) is 0 Å². The van der Waals surface area contributed by atoms with Gasteiger partial charge in [0.05, 0.1) is 11.1 Å². The van der Waals surface area contributed by atoms with Crippen molar-refractivity contribution < 1.29 is 9.63 Å². The van der Waals surface area contributed by atoms with Gasteiger partial charge < -0.3 is 0 Å². The Hall–Kier alpha value is -1.88. The summed E-state index contributed by atoms with van der Waals surface area (Å²) in [4.78, 5) is 17.1. The number of H-pyrrole nitrogens is 1. The maximum absolute atomic E-state index is 11.8. The molecule has 0 aliphatic heterocycles. The van der Waals surface area contributed by atoms with E-state index < -0.39 is 5.60 Å². The minimum absolute atomic E-state index is 0.338. The molecule has 0 aliphatic rings. The fourth-order valence-corrected chi connectivity index (χ4v) is 1.38. The van der Waals surface area contributed by atoms with Crippen LogP contribution in [0, 0.1) is 0 Å². The Morgan fingerprint density at radius 2 is 2.06 bits per heavy atom. The van der Waals surface area contributed by atoms with Gasteiger partial charge in [0.2, 0.25) is 0 Å². The van der Waals surface area contributed by atoms with E-state index in [0.29, 0.717) is 5.69 Å². The Morgan fingerprint density at radius 3 is 2.76 bits per heavy atom. The predicted octanol–water partition coefficient (Wildman–Crippen LogP) is 2.02. The maximum Gasteiger partial charge on any atom is 0.295 e. The molecule has 90 valence electrons. The molecule has 0 unspecified atom stereocenters. The third kappa shape index (κ3) is 2.62. The number of aromatic amines is 1. The highest BCUT2D eigenvalue weighted by atomic mass is 16.7. The molecule has 1 heterocycles. The summed E-state index contributed by atoms with van der Waals surface area (Å²) in [6, 6.07) is 7.45. The number of carbonyl (C=O) groups excluding carboxylic acids is 1. The van der Waals surface area contributed by atoms with Crippen LogP contribution in [0.1, 0.15) is 31.3 Å². The van der Waals surface area contributed by atoms with Gasteiger partial charge in [0.1, 0.15) is 0 Å². The summed E-state index contributed by atoms with van der Waals surface area (Å²) in [5.74, 6) is -0.350. The summed E-state index contributed by atoms with van der Waals surface area (Å²) < 4.78 is 0. The molecule has 1 aromatic carbocycles. The number of hydrogen-bond acceptors (Lipinski definition) is 3. The maximum atomic E-state index is 11.8. The molecular weight excluding hydrogens is 218 g/mol. The lowest BCUT2D eigenvalue weighted by atomic mass is 10.2. The van der Waals surface area contributed by atoms with Gasteiger partial charge in [0.25, 0.3) is 5.91 Å². The number of nitrogens with zero attached hydrogens (tertiary/aromatic N) is 1. The molecule has 0 bridgehead atoms. The van der Waals surface area contributed by atoms with Crippen molar-refractivity contribution in [1.82, 2.24) is 15.7 Å². The number of hydroxylamine groups is 1. The van der Waals surface area contributed by atoms with Crippen LogP contribution in [0.25, 0.3) is 10.9 Å². The average Bonchev–Trinajstić information content (AvgIpc) is 2.68. The van der Waals surface area contributed by atoms with Gasteiger partial charge in [-0.25, -0.2) is 5.48 Å². The van der Waals surface area contributed by atoms with Crippen LogP contribution >= 0.6 is 0 Å². The molecule has 0 fully saturated rings. The third-order valence-electron chi connectivity index (χ3n) is 2.14. The Balaban J connectivity index is 2.20. The minimum Gasteiger partial charge on any atom is -0.277 e. The van der Waals surface area contributed by atoms with Gasteiger partial charge in [-0.05, 0) is 26.8 Å². The van der Waals surface area contributed by atoms with Gasteiger partial charge in [-0.3, -0.25) is 14.7 Å². The van der Waals surface area contributed by atoms with Crippen molar-refractivity contribution in [3.63, 3.8) is 0 Å². The molecular formula is C12H15N3O2. The molecule has 0 spiro atoms. The summed E-state index contributed by atoms with van der Waals surface area (Å²) in [6.45, 7) is 5.57. The molecule has 5 nitrogen and oxygen atoms in total. The standard InChI is InChI=1S/C12H15N3O2/c1-12(2,3)17-15-11(16)10-8-6-4-5-7-9(8)13-14-10/h4-7H,1-3H3,(H,13,14)(H,15,16). The van der Waals surface area contributed by atoms with Gasteiger partial charge in [-0.2, -0.15) is 5.10 Å². The normalized spacial score (nSPS) is 11.7. The first-order chi connectivity index (χ1) is 7.97. The largest absolute Gasteiger partial charge is 0.295 e. The van der Waals surface area contributed by atoms with Gasteiger partial charge >= 0.3 is 0 Å². The molecule has 0 aliphatic carbocycles. The third-order valence-corrected chi connectivity index (χ3v) is 2.14. The second kappa shape index (κ2) is 4.18. The number of aromatic nitrogens is 2. The predicted molar refractivity (Wildman–Crippen MR) is 64.4 cm³/mol. The fourth-order valence-electron chi connectivity index (χ4n) is 1.38. The van der Waals surface area contributed by atoms with E-state index in [2.05, 4.69) is 15.7 Å². The number of nitrogens with one attached hydrogen (secondary N) is 2. The zero-order valence-corrected chi connectivity index (χ0v) is 10.1. The molecule has 2 aromatic rings. The summed E-state index contributed by atoms with van der Waals surface area (Å²) in [5.41, 5.74) is 3.13. The van der Waals surface area contributed by atoms with Crippen molar-refractivity contribution in [2.75, 3.05) is 0 Å². The molecule has 0 saturated heterocycles. The number of rotatable bonds is 2. The van der Waals surface area contributed by atoms with E-state index in [0.717, 1.165) is 10.9 Å². The van der Waals surface area contributed by atoms with Crippen molar-refractivity contribution >= 4 is 16.8 Å². The first-order valence-corrected chi connectivity index (χ1v) is 5.39. The average molecular weight is 233 g/mol. The molecule has 2 rings (SSSR count). The highest BCUT2D eigenvalue weighted by Crippen LogP contribution is 2.15. The van der Waals surface area contributed by atoms with Crippen LogP contribution in [0.15, 0.2) is 24.3 Å². The Labute approximate surface area is 99.1 Å². The second-order valence-electron chi connectivity index (χ2n) is 4.76. The molecule has 1 aromatic heterocycles. The van der Waals surface area contributed by atoms with Crippen molar-refractivity contribution in [1.29, 1.82) is 0 Å². The van der Waals surface area contributed by atoms with Crippen LogP contribution in [0.3, 0.4) is 0 Å². The lowest BCUT2D eigenvalue weighted by Crippen LogP contribution is -2.33. The molecule has 0 saturated carbocycles. The molecule has 0 radical (unpaired) electrons. The SMILES string of the molecule is CC(C)(C)ONC(=O)c1n[nH]c2ccccc12. The number of amides is 1. The van der Waals surface area contributed by atoms with Gasteiger partial charge in [-0.15, -0.1) is 0 Å². The van der Waals surface area contributed by atoms with Crippen LogP contribution < -0.4 is 5.48 Å². The van der Waals surface area contributed by atoms with E-state index in [4.69, 9.17) is 4.84 Å². The zero-order chi connectivity index (χ0) is 12.5. The van der Waals surface area contributed by atoms with Gasteiger partial charge in [0, 0.05) is 5.39 Å². The number of carbonyl (C=O) groups is 1. The van der Waals surface area contributed by atoms with E-state index in [1.807, 2.05) is 45.0 Å². The number of para-hydroxylation sites is 1. The fraction of sp³-hybridized carbons (Fsp3) is 0.333. The Morgan fingerprint density at radius 1 is 1.35 bits per heavy atom. The first-order valence-electron chi connectivity index (χ1n) is 5.39. The highest BCUT2D eigenvalue weighted by molar-refractivity contribution is 6.04. The Kier molecular flexibility index (Phi) is 2.85. The summed E-state index contributed by atoms with van der Waals surface area (Å²) >= 11 is 0. The summed E-state index contributed by atoms with van der Waals surface area (Å²) in [6.07, 6.45) is 0. The topological polar surface area (TPSA) is 67.0 Å². The van der Waals surface area contributed by atoms with E-state index in [1.54, 1.807) is 0 Å². The van der Waals surface area contributed by atoms with Crippen molar-refractivity contribution in [2.24, 2.45) is 0 Å². The highest BCUT2D eigenvalue weighted by Gasteiger charge is 2.17. The smallest absolute Gasteiger partial charge is 0.277 e. The molecule has 5 heteroatoms. The van der Waals surface area contributed by atoms with E-state index in [-0.39, 0.29) is 5.91 Å². The van der Waals surface area contributed by atoms with Crippen LogP contribution in [-0.4, -0.2) is 21.7 Å². The van der Waals surface area contributed by atoms with E-state index >= 15 is 0 Å². The van der Waals surface area contributed by atoms with Crippen molar-refractivity contribution in [3.8, 4) is 0 Å². The summed E-state index contributed by atoms with van der Waals surface area (Å²) in [7, 11) is 0. The van der Waals surface area contributed by atoms with Crippen molar-refractivity contribution in [2.45, 2.75) is 26.4 Å². The Bertz CT molecular complexity index is 540. The first kappa shape index (κ1) is 11.6. The number of hydrogen-bond donors (Lipinski definition) is 2. The zero-order valence-electron chi connectivity index (χ0n) is 10.1. The van der Waals surface area contributed by atoms with Crippen LogP contribution in [0.4, 0.5) is 0 Å². The van der Waals surface area contributed by atoms with Crippen LogP contribution in [-0.2, 0) is 4.84 Å². The van der Waals surface area contributed by atoms with E-state index in [9.17, 15) is 4.79 Å². The van der Waals surface area contributed by atoms with Gasteiger partial charge in [-0.1, -0.05) is 18.2 Å². The molecule has 17 heavy (non-hydrogen) atoms. The van der Waals surface area contributed by atoms with Crippen molar-refractivity contribution in [3.05, 3.63) is 30.0 Å². The molecule has 0 atom stereocenters. The second-order valence-corrected chi connectivity index (χ2v) is 4.76. The van der Waals surface area contributed by atoms with Crippen LogP contribution in [0.2, 0.25) is 0 Å². The van der Waals surface area contributed by atoms with Gasteiger partial charge in [0.15, 0.2) is 5.69 Å². The number of benzene rings is 1. The van der Waals surface area contributed by atoms with E-state index in [1.165, 1.54) is 0 Å². The molecule has 1 amide bonds. The lowest BCUT2D eigenvalue weighted by molar-refractivity contribution is -0.0591. The summed E-state index contributed by atoms with van der Waals surface area (Å²) in [5, 5.41) is 7.56. The quantitative estimate of drug-likeness (QED) is 0.780.